The normalized spacial score (nSPS) is 12.9. The van der Waals surface area contributed by atoms with Crippen LogP contribution < -0.4 is 5.73 Å². The van der Waals surface area contributed by atoms with Crippen LogP contribution in [0.4, 0.5) is 4.39 Å². The number of rotatable bonds is 1. The number of hydrogen-bond acceptors (Lipinski definition) is 3. The van der Waals surface area contributed by atoms with E-state index in [-0.39, 0.29) is 24.3 Å². The average Bonchev–Trinajstić information content (AvgIpc) is 2.73. The van der Waals surface area contributed by atoms with E-state index in [4.69, 9.17) is 5.73 Å². The van der Waals surface area contributed by atoms with Crippen LogP contribution in [0.5, 0.6) is 0 Å². The van der Waals surface area contributed by atoms with Crippen molar-refractivity contribution in [2.24, 2.45) is 5.73 Å². The van der Waals surface area contributed by atoms with Crippen molar-refractivity contribution in [2.75, 3.05) is 0 Å². The molecule has 90 valence electrons. The minimum absolute atomic E-state index is 0. The first-order valence-corrected chi connectivity index (χ1v) is 5.79. The molecule has 3 aromatic rings. The number of aromatic nitrogens is 2. The topological polar surface area (TPSA) is 43.3 Å². The molecule has 0 spiro atoms. The predicted molar refractivity (Wildman–Crippen MR) is 70.4 cm³/mol. The van der Waals surface area contributed by atoms with Crippen molar-refractivity contribution in [3.63, 3.8) is 0 Å². The van der Waals surface area contributed by atoms with E-state index in [0.717, 1.165) is 20.9 Å². The second-order valence-electron chi connectivity index (χ2n) is 3.82. The van der Waals surface area contributed by atoms with Gasteiger partial charge in [-0.05, 0) is 25.1 Å². The van der Waals surface area contributed by atoms with E-state index in [0.29, 0.717) is 0 Å². The Morgan fingerprint density at radius 2 is 2.24 bits per heavy atom. The highest BCUT2D eigenvalue weighted by atomic mass is 35.5. The van der Waals surface area contributed by atoms with E-state index in [1.807, 2.05) is 17.5 Å². The number of hydrogen-bond donors (Lipinski definition) is 1. The molecule has 1 aromatic carbocycles. The van der Waals surface area contributed by atoms with Gasteiger partial charge < -0.3 is 5.73 Å². The lowest BCUT2D eigenvalue weighted by Crippen LogP contribution is -2.04. The quantitative estimate of drug-likeness (QED) is 0.739. The number of halogens is 2. The van der Waals surface area contributed by atoms with Gasteiger partial charge in [0.2, 0.25) is 0 Å². The standard InChI is InChI=1S/C11H10FN3S.ClH/c1-6(13)8-5-15-9-3-2-7(12)4-10(9)16-11(15)14-8;/h2-6H,13H2,1H3;1H. The van der Waals surface area contributed by atoms with Gasteiger partial charge in [0.15, 0.2) is 4.96 Å². The second kappa shape index (κ2) is 4.25. The first-order chi connectivity index (χ1) is 7.65. The highest BCUT2D eigenvalue weighted by molar-refractivity contribution is 7.23. The third kappa shape index (κ3) is 1.90. The van der Waals surface area contributed by atoms with Crippen molar-refractivity contribution in [3.8, 4) is 0 Å². The Bertz CT molecular complexity index is 674. The number of fused-ring (bicyclic) bond motifs is 3. The van der Waals surface area contributed by atoms with Crippen LogP contribution in [0.1, 0.15) is 18.7 Å². The third-order valence-corrected chi connectivity index (χ3v) is 3.56. The zero-order chi connectivity index (χ0) is 11.3. The molecular formula is C11H11ClFN3S. The largest absolute Gasteiger partial charge is 0.323 e. The molecule has 0 fully saturated rings. The minimum atomic E-state index is -0.218. The third-order valence-electron chi connectivity index (χ3n) is 2.54. The highest BCUT2D eigenvalue weighted by Crippen LogP contribution is 2.27. The monoisotopic (exact) mass is 271 g/mol. The van der Waals surface area contributed by atoms with E-state index in [1.54, 1.807) is 6.07 Å². The molecule has 1 atom stereocenters. The summed E-state index contributed by atoms with van der Waals surface area (Å²) in [5.74, 6) is -0.218. The lowest BCUT2D eigenvalue weighted by molar-refractivity contribution is 0.630. The molecule has 2 N–H and O–H groups in total. The van der Waals surface area contributed by atoms with Crippen LogP contribution in [-0.4, -0.2) is 9.38 Å². The van der Waals surface area contributed by atoms with Crippen LogP contribution in [0.2, 0.25) is 0 Å². The Hall–Kier alpha value is -1.17. The predicted octanol–water partition coefficient (Wildman–Crippen LogP) is 3.13. The van der Waals surface area contributed by atoms with Crippen LogP contribution in [0.3, 0.4) is 0 Å². The summed E-state index contributed by atoms with van der Waals surface area (Å²) >= 11 is 1.47. The first kappa shape index (κ1) is 12.3. The molecule has 3 nitrogen and oxygen atoms in total. The summed E-state index contributed by atoms with van der Waals surface area (Å²) in [4.78, 5) is 5.27. The van der Waals surface area contributed by atoms with Crippen LogP contribution in [-0.2, 0) is 0 Å². The summed E-state index contributed by atoms with van der Waals surface area (Å²) in [7, 11) is 0. The van der Waals surface area contributed by atoms with E-state index >= 15 is 0 Å². The number of benzene rings is 1. The molecule has 0 aliphatic heterocycles. The highest BCUT2D eigenvalue weighted by Gasteiger charge is 2.11. The lowest BCUT2D eigenvalue weighted by Gasteiger charge is -1.96. The first-order valence-electron chi connectivity index (χ1n) is 4.98. The summed E-state index contributed by atoms with van der Waals surface area (Å²) in [6, 6.07) is 4.67. The molecule has 2 heterocycles. The van der Waals surface area contributed by atoms with E-state index < -0.39 is 0 Å². The van der Waals surface area contributed by atoms with Crippen molar-refractivity contribution in [3.05, 3.63) is 35.9 Å². The molecule has 0 saturated heterocycles. The molecular weight excluding hydrogens is 261 g/mol. The van der Waals surface area contributed by atoms with Crippen molar-refractivity contribution in [1.82, 2.24) is 9.38 Å². The van der Waals surface area contributed by atoms with Crippen LogP contribution >= 0.6 is 23.7 Å². The molecule has 1 unspecified atom stereocenters. The van der Waals surface area contributed by atoms with Gasteiger partial charge in [0.25, 0.3) is 0 Å². The van der Waals surface area contributed by atoms with Crippen molar-refractivity contribution in [1.29, 1.82) is 0 Å². The Morgan fingerprint density at radius 1 is 1.47 bits per heavy atom. The van der Waals surface area contributed by atoms with Crippen molar-refractivity contribution < 1.29 is 4.39 Å². The lowest BCUT2D eigenvalue weighted by atomic mass is 10.3. The fourth-order valence-electron chi connectivity index (χ4n) is 1.71. The molecule has 6 heteroatoms. The maximum Gasteiger partial charge on any atom is 0.195 e. The molecule has 2 aromatic heterocycles. The van der Waals surface area contributed by atoms with Gasteiger partial charge in [-0.1, -0.05) is 11.3 Å². The number of imidazole rings is 1. The number of nitrogens with two attached hydrogens (primary N) is 1. The molecule has 0 aliphatic rings. The minimum Gasteiger partial charge on any atom is -0.323 e. The van der Waals surface area contributed by atoms with Crippen LogP contribution in [0.15, 0.2) is 24.4 Å². The van der Waals surface area contributed by atoms with Gasteiger partial charge in [-0.25, -0.2) is 9.37 Å². The van der Waals surface area contributed by atoms with Gasteiger partial charge >= 0.3 is 0 Å². The molecule has 0 bridgehead atoms. The average molecular weight is 272 g/mol. The van der Waals surface area contributed by atoms with Gasteiger partial charge in [0, 0.05) is 12.2 Å². The van der Waals surface area contributed by atoms with Gasteiger partial charge in [-0.2, -0.15) is 0 Å². The zero-order valence-corrected chi connectivity index (χ0v) is 10.7. The summed E-state index contributed by atoms with van der Waals surface area (Å²) < 4.78 is 15.9. The SMILES string of the molecule is CC(N)c1cn2c(n1)sc1cc(F)ccc12.Cl. The van der Waals surface area contributed by atoms with Crippen LogP contribution in [0, 0.1) is 5.82 Å². The Morgan fingerprint density at radius 3 is 2.94 bits per heavy atom. The summed E-state index contributed by atoms with van der Waals surface area (Å²) in [6.07, 6.45) is 1.91. The molecule has 0 radical (unpaired) electrons. The van der Waals surface area contributed by atoms with Gasteiger partial charge in [-0.15, -0.1) is 12.4 Å². The summed E-state index contributed by atoms with van der Waals surface area (Å²) in [5, 5.41) is 0. The van der Waals surface area contributed by atoms with Gasteiger partial charge in [0.1, 0.15) is 5.82 Å². The molecule has 17 heavy (non-hydrogen) atoms. The second-order valence-corrected chi connectivity index (χ2v) is 4.83. The van der Waals surface area contributed by atoms with Gasteiger partial charge in [-0.3, -0.25) is 4.40 Å². The zero-order valence-electron chi connectivity index (χ0n) is 9.05. The fraction of sp³-hybridized carbons (Fsp3) is 0.182. The van der Waals surface area contributed by atoms with E-state index in [9.17, 15) is 4.39 Å². The summed E-state index contributed by atoms with van der Waals surface area (Å²) in [5.41, 5.74) is 7.61. The number of nitrogens with zero attached hydrogens (tertiary/aromatic N) is 2. The van der Waals surface area contributed by atoms with Crippen molar-refractivity contribution >= 4 is 38.9 Å². The number of thiazole rings is 1. The Labute approximate surface area is 107 Å². The molecule has 0 aliphatic carbocycles. The van der Waals surface area contributed by atoms with E-state index in [2.05, 4.69) is 4.98 Å². The maximum absolute atomic E-state index is 13.0. The smallest absolute Gasteiger partial charge is 0.195 e. The summed E-state index contributed by atoms with van der Waals surface area (Å²) in [6.45, 7) is 1.90. The molecule has 0 saturated carbocycles. The molecule has 3 rings (SSSR count). The fourth-order valence-corrected chi connectivity index (χ4v) is 2.75. The molecule has 0 amide bonds. The van der Waals surface area contributed by atoms with Crippen LogP contribution in [0.25, 0.3) is 15.2 Å². The maximum atomic E-state index is 13.0. The van der Waals surface area contributed by atoms with E-state index in [1.165, 1.54) is 23.5 Å². The van der Waals surface area contributed by atoms with Gasteiger partial charge in [0.05, 0.1) is 15.9 Å². The Kier molecular flexibility index (Phi) is 3.07. The Balaban J connectivity index is 0.00000108. The van der Waals surface area contributed by atoms with Crippen molar-refractivity contribution in [2.45, 2.75) is 13.0 Å².